The number of pyridine rings is 1. The van der Waals surface area contributed by atoms with E-state index in [0.29, 0.717) is 0 Å². The van der Waals surface area contributed by atoms with E-state index in [-0.39, 0.29) is 0 Å². The SMILES string of the molecule is C=C/C=c1\c(=C)cc(-c2c3ccccc3c(-c3ccc(-c4cn5ccccc5n4)cc3)c3ccccc23)c2ccccc12. The molecular weight excluding hydrogens is 520 g/mol. The lowest BCUT2D eigenvalue weighted by molar-refractivity contribution is 1.19. The zero-order valence-electron chi connectivity index (χ0n) is 23.7. The van der Waals surface area contributed by atoms with Gasteiger partial charge in [-0.1, -0.05) is 128 Å². The van der Waals surface area contributed by atoms with Gasteiger partial charge in [0, 0.05) is 18.0 Å². The molecule has 0 bridgehead atoms. The number of aromatic nitrogens is 2. The molecule has 0 N–H and O–H groups in total. The Balaban J connectivity index is 1.40. The Hall–Kier alpha value is -5.73. The summed E-state index contributed by atoms with van der Waals surface area (Å²) < 4.78 is 2.06. The summed E-state index contributed by atoms with van der Waals surface area (Å²) in [4.78, 5) is 4.83. The van der Waals surface area contributed by atoms with Gasteiger partial charge in [0.25, 0.3) is 0 Å². The Bertz CT molecular complexity index is 2390. The number of hydrogen-bond acceptors (Lipinski definition) is 1. The first-order chi connectivity index (χ1) is 21.2. The zero-order valence-corrected chi connectivity index (χ0v) is 23.7. The first-order valence-electron chi connectivity index (χ1n) is 14.5. The Kier molecular flexibility index (Phi) is 5.80. The van der Waals surface area contributed by atoms with Gasteiger partial charge in [-0.25, -0.2) is 4.98 Å². The molecule has 0 aliphatic heterocycles. The number of rotatable bonds is 4. The van der Waals surface area contributed by atoms with Gasteiger partial charge in [-0.3, -0.25) is 0 Å². The number of nitrogens with zero attached hydrogens (tertiary/aromatic N) is 2. The highest BCUT2D eigenvalue weighted by molar-refractivity contribution is 6.23. The standard InChI is InChI=1S/C41H28N2/c1-3-12-30-27(2)25-37(32-14-5-4-13-31(30)32)41-35-17-8-6-15-33(35)40(34-16-7-9-18-36(34)41)29-22-20-28(21-23-29)38-26-43-24-11-10-19-39(43)42-38/h3-26H,1-2H2/b30-12+. The van der Waals surface area contributed by atoms with Crippen LogP contribution in [0.5, 0.6) is 0 Å². The maximum absolute atomic E-state index is 4.83. The molecule has 0 saturated carbocycles. The molecule has 8 aromatic rings. The van der Waals surface area contributed by atoms with Crippen molar-refractivity contribution in [3.05, 3.63) is 157 Å². The van der Waals surface area contributed by atoms with Gasteiger partial charge in [0.15, 0.2) is 0 Å². The fraction of sp³-hybridized carbons (Fsp3) is 0. The van der Waals surface area contributed by atoms with Gasteiger partial charge in [0.1, 0.15) is 5.65 Å². The molecular formula is C41H28N2. The van der Waals surface area contributed by atoms with Gasteiger partial charge in [-0.2, -0.15) is 0 Å². The van der Waals surface area contributed by atoms with Gasteiger partial charge in [0.2, 0.25) is 0 Å². The van der Waals surface area contributed by atoms with Gasteiger partial charge in [-0.15, -0.1) is 0 Å². The number of imidazole rings is 1. The monoisotopic (exact) mass is 548 g/mol. The Labute approximate surface area is 249 Å². The van der Waals surface area contributed by atoms with Gasteiger partial charge in [-0.05, 0) is 83.2 Å². The maximum Gasteiger partial charge on any atom is 0.137 e. The van der Waals surface area contributed by atoms with Crippen LogP contribution >= 0.6 is 0 Å². The van der Waals surface area contributed by atoms with E-state index < -0.39 is 0 Å². The lowest BCUT2D eigenvalue weighted by Gasteiger charge is -2.19. The Morgan fingerprint density at radius 1 is 0.581 bits per heavy atom. The minimum atomic E-state index is 0.947. The molecule has 6 aromatic carbocycles. The summed E-state index contributed by atoms with van der Waals surface area (Å²) in [5, 5.41) is 9.42. The minimum Gasteiger partial charge on any atom is -0.306 e. The number of benzene rings is 6. The van der Waals surface area contributed by atoms with Crippen molar-refractivity contribution in [2.45, 2.75) is 0 Å². The number of fused-ring (bicyclic) bond motifs is 4. The van der Waals surface area contributed by atoms with E-state index in [1.807, 2.05) is 30.5 Å². The number of allylic oxidation sites excluding steroid dienone is 1. The second kappa shape index (κ2) is 9.97. The average molecular weight is 549 g/mol. The van der Waals surface area contributed by atoms with E-state index >= 15 is 0 Å². The zero-order chi connectivity index (χ0) is 28.9. The van der Waals surface area contributed by atoms with Crippen LogP contribution in [-0.2, 0) is 0 Å². The third-order valence-electron chi connectivity index (χ3n) is 8.49. The highest BCUT2D eigenvalue weighted by Crippen LogP contribution is 2.44. The molecule has 0 amide bonds. The van der Waals surface area contributed by atoms with Crippen molar-refractivity contribution >= 4 is 50.6 Å². The van der Waals surface area contributed by atoms with E-state index in [4.69, 9.17) is 4.98 Å². The normalized spacial score (nSPS) is 12.0. The molecule has 0 spiro atoms. The Morgan fingerprint density at radius 3 is 1.77 bits per heavy atom. The van der Waals surface area contributed by atoms with Crippen LogP contribution in [0.25, 0.3) is 84.1 Å². The highest BCUT2D eigenvalue weighted by atomic mass is 15.0. The minimum absolute atomic E-state index is 0.947. The first-order valence-corrected chi connectivity index (χ1v) is 14.5. The fourth-order valence-electron chi connectivity index (χ4n) is 6.59. The quantitative estimate of drug-likeness (QED) is 0.200. The molecule has 0 saturated heterocycles. The third-order valence-corrected chi connectivity index (χ3v) is 8.49. The summed E-state index contributed by atoms with van der Waals surface area (Å²) in [6, 6.07) is 43.4. The lowest BCUT2D eigenvalue weighted by Crippen LogP contribution is -2.24. The van der Waals surface area contributed by atoms with Crippen LogP contribution in [0.3, 0.4) is 0 Å². The van der Waals surface area contributed by atoms with E-state index in [1.165, 1.54) is 54.6 Å². The Morgan fingerprint density at radius 2 is 1.14 bits per heavy atom. The van der Waals surface area contributed by atoms with Gasteiger partial charge in [0.05, 0.1) is 5.69 Å². The molecule has 2 heterocycles. The van der Waals surface area contributed by atoms with Crippen molar-refractivity contribution in [3.63, 3.8) is 0 Å². The maximum atomic E-state index is 4.83. The van der Waals surface area contributed by atoms with Crippen molar-refractivity contribution in [2.75, 3.05) is 0 Å². The molecule has 2 heteroatoms. The molecule has 2 aromatic heterocycles. The predicted molar refractivity (Wildman–Crippen MR) is 183 cm³/mol. The van der Waals surface area contributed by atoms with E-state index in [1.54, 1.807) is 0 Å². The molecule has 43 heavy (non-hydrogen) atoms. The molecule has 8 rings (SSSR count). The van der Waals surface area contributed by atoms with E-state index in [0.717, 1.165) is 27.3 Å². The summed E-state index contributed by atoms with van der Waals surface area (Å²) in [6.45, 7) is 8.41. The molecule has 0 fully saturated rings. The van der Waals surface area contributed by atoms with E-state index in [9.17, 15) is 0 Å². The van der Waals surface area contributed by atoms with Gasteiger partial charge < -0.3 is 4.40 Å². The van der Waals surface area contributed by atoms with Crippen molar-refractivity contribution in [1.82, 2.24) is 9.38 Å². The van der Waals surface area contributed by atoms with Crippen LogP contribution in [0, 0.1) is 0 Å². The van der Waals surface area contributed by atoms with Crippen LogP contribution in [0.4, 0.5) is 0 Å². The van der Waals surface area contributed by atoms with Crippen LogP contribution in [0.1, 0.15) is 0 Å². The average Bonchev–Trinajstić information content (AvgIpc) is 3.50. The number of hydrogen-bond donors (Lipinski definition) is 0. The predicted octanol–water partition coefficient (Wildman–Crippen LogP) is 9.17. The summed E-state index contributed by atoms with van der Waals surface area (Å²) in [5.74, 6) is 0. The van der Waals surface area contributed by atoms with Crippen molar-refractivity contribution in [3.8, 4) is 33.5 Å². The molecule has 0 unspecified atom stereocenters. The van der Waals surface area contributed by atoms with Crippen LogP contribution in [0.15, 0.2) is 146 Å². The molecule has 0 aliphatic carbocycles. The largest absolute Gasteiger partial charge is 0.306 e. The summed E-state index contributed by atoms with van der Waals surface area (Å²) in [6.07, 6.45) is 8.02. The van der Waals surface area contributed by atoms with Crippen LogP contribution in [0.2, 0.25) is 0 Å². The highest BCUT2D eigenvalue weighted by Gasteiger charge is 2.18. The lowest BCUT2D eigenvalue weighted by atomic mass is 9.84. The first kappa shape index (κ1) is 25.0. The fourth-order valence-corrected chi connectivity index (χ4v) is 6.59. The van der Waals surface area contributed by atoms with E-state index in [2.05, 4.69) is 133 Å². The summed E-state index contributed by atoms with van der Waals surface area (Å²) in [7, 11) is 0. The van der Waals surface area contributed by atoms with Crippen molar-refractivity contribution in [2.24, 2.45) is 0 Å². The molecule has 0 atom stereocenters. The van der Waals surface area contributed by atoms with Crippen molar-refractivity contribution in [1.29, 1.82) is 0 Å². The molecule has 0 radical (unpaired) electrons. The van der Waals surface area contributed by atoms with Gasteiger partial charge >= 0.3 is 0 Å². The smallest absolute Gasteiger partial charge is 0.137 e. The summed E-state index contributed by atoms with van der Waals surface area (Å²) in [5.41, 5.74) is 7.88. The second-order valence-electron chi connectivity index (χ2n) is 11.0. The van der Waals surface area contributed by atoms with Crippen LogP contribution < -0.4 is 10.4 Å². The third kappa shape index (κ3) is 3.99. The topological polar surface area (TPSA) is 17.3 Å². The van der Waals surface area contributed by atoms with Crippen molar-refractivity contribution < 1.29 is 0 Å². The van der Waals surface area contributed by atoms with Crippen LogP contribution in [-0.4, -0.2) is 9.38 Å². The molecule has 0 aliphatic rings. The second-order valence-corrected chi connectivity index (χ2v) is 11.0. The summed E-state index contributed by atoms with van der Waals surface area (Å²) >= 11 is 0. The molecule has 202 valence electrons. The molecule has 2 nitrogen and oxygen atoms in total.